The molecule has 1 aromatic rings. The molecule has 1 aromatic carbocycles. The van der Waals surface area contributed by atoms with Crippen LogP contribution in [0, 0.1) is 17.0 Å². The molecule has 0 unspecified atom stereocenters. The molecule has 0 bridgehead atoms. The number of nitro benzene ring substituents is 1. The fourth-order valence-electron chi connectivity index (χ4n) is 1.49. The molecule has 0 aliphatic carbocycles. The third-order valence-electron chi connectivity index (χ3n) is 2.45. The van der Waals surface area contributed by atoms with Crippen LogP contribution in [0.3, 0.4) is 0 Å². The van der Waals surface area contributed by atoms with Crippen LogP contribution in [0.2, 0.25) is 0 Å². The Balaban J connectivity index is 2.46. The van der Waals surface area contributed by atoms with Gasteiger partial charge in [-0.05, 0) is 19.4 Å². The molecule has 0 fully saturated rings. The molecular weight excluding hydrogens is 270 g/mol. The average Bonchev–Trinajstić information content (AvgIpc) is 2.29. The molecular formula is C11H17N3O4S. The van der Waals surface area contributed by atoms with Gasteiger partial charge in [0.2, 0.25) is 10.0 Å². The molecule has 19 heavy (non-hydrogen) atoms. The molecule has 1 rings (SSSR count). The highest BCUT2D eigenvalue weighted by atomic mass is 32.2. The van der Waals surface area contributed by atoms with E-state index in [2.05, 4.69) is 10.0 Å². The lowest BCUT2D eigenvalue weighted by Crippen LogP contribution is -2.24. The number of nitrogens with one attached hydrogen (secondary N) is 2. The minimum atomic E-state index is -3.16. The predicted octanol–water partition coefficient (Wildman–Crippen LogP) is 1.25. The molecule has 0 amide bonds. The summed E-state index contributed by atoms with van der Waals surface area (Å²) in [6.07, 6.45) is 1.69. The maximum absolute atomic E-state index is 10.8. The number of nitro groups is 1. The maximum Gasteiger partial charge on any atom is 0.274 e. The Kier molecular flexibility index (Phi) is 5.25. The highest BCUT2D eigenvalue weighted by Crippen LogP contribution is 2.22. The SMILES string of the molecule is Cc1ccc(NCCCNS(C)(=O)=O)cc1[N+](=O)[O-]. The molecule has 0 spiro atoms. The summed E-state index contributed by atoms with van der Waals surface area (Å²) < 4.78 is 24.0. The van der Waals surface area contributed by atoms with Crippen molar-refractivity contribution in [3.05, 3.63) is 33.9 Å². The third-order valence-corrected chi connectivity index (χ3v) is 3.18. The second-order valence-corrected chi connectivity index (χ2v) is 6.04. The maximum atomic E-state index is 10.8. The second kappa shape index (κ2) is 6.48. The van der Waals surface area contributed by atoms with Crippen molar-refractivity contribution in [2.24, 2.45) is 0 Å². The number of anilines is 1. The van der Waals surface area contributed by atoms with Crippen LogP contribution in [0.15, 0.2) is 18.2 Å². The minimum absolute atomic E-state index is 0.0688. The van der Waals surface area contributed by atoms with Crippen LogP contribution < -0.4 is 10.0 Å². The molecule has 0 saturated heterocycles. The number of nitrogens with zero attached hydrogens (tertiary/aromatic N) is 1. The van der Waals surface area contributed by atoms with Crippen molar-refractivity contribution < 1.29 is 13.3 Å². The quantitative estimate of drug-likeness (QED) is 0.446. The van der Waals surface area contributed by atoms with Crippen molar-refractivity contribution in [1.82, 2.24) is 4.72 Å². The van der Waals surface area contributed by atoms with Gasteiger partial charge in [0, 0.05) is 30.4 Å². The molecule has 0 aliphatic heterocycles. The minimum Gasteiger partial charge on any atom is -0.385 e. The van der Waals surface area contributed by atoms with Gasteiger partial charge >= 0.3 is 0 Å². The first-order valence-corrected chi connectivity index (χ1v) is 7.62. The van der Waals surface area contributed by atoms with Crippen molar-refractivity contribution in [2.75, 3.05) is 24.7 Å². The van der Waals surface area contributed by atoms with E-state index in [1.54, 1.807) is 19.1 Å². The predicted molar refractivity (Wildman–Crippen MR) is 73.8 cm³/mol. The lowest BCUT2D eigenvalue weighted by Gasteiger charge is -2.07. The van der Waals surface area contributed by atoms with Gasteiger partial charge in [-0.1, -0.05) is 6.07 Å². The van der Waals surface area contributed by atoms with Gasteiger partial charge in [-0.15, -0.1) is 0 Å². The standard InChI is InChI=1S/C11H17N3O4S/c1-9-4-5-10(8-11(9)14(15)16)12-6-3-7-13-19(2,17)18/h4-5,8,12-13H,3,6-7H2,1-2H3. The summed E-state index contributed by atoms with van der Waals surface area (Å²) in [5.41, 5.74) is 1.32. The first-order valence-electron chi connectivity index (χ1n) is 5.73. The van der Waals surface area contributed by atoms with E-state index in [-0.39, 0.29) is 5.69 Å². The number of aryl methyl sites for hydroxylation is 1. The van der Waals surface area contributed by atoms with Gasteiger partial charge in [0.15, 0.2) is 0 Å². The van der Waals surface area contributed by atoms with Gasteiger partial charge in [-0.2, -0.15) is 0 Å². The van der Waals surface area contributed by atoms with Gasteiger partial charge in [-0.25, -0.2) is 13.1 Å². The number of hydrogen-bond acceptors (Lipinski definition) is 5. The van der Waals surface area contributed by atoms with E-state index in [0.717, 1.165) is 6.26 Å². The summed E-state index contributed by atoms with van der Waals surface area (Å²) in [6, 6.07) is 4.90. The van der Waals surface area contributed by atoms with Crippen LogP contribution in [0.4, 0.5) is 11.4 Å². The molecule has 0 aromatic heterocycles. The summed E-state index contributed by atoms with van der Waals surface area (Å²) >= 11 is 0. The Morgan fingerprint density at radius 1 is 1.32 bits per heavy atom. The smallest absolute Gasteiger partial charge is 0.274 e. The second-order valence-electron chi connectivity index (χ2n) is 4.21. The van der Waals surface area contributed by atoms with Gasteiger partial charge < -0.3 is 5.32 Å². The van der Waals surface area contributed by atoms with Gasteiger partial charge in [0.1, 0.15) is 0 Å². The zero-order valence-corrected chi connectivity index (χ0v) is 11.7. The summed E-state index contributed by atoms with van der Waals surface area (Å²) in [5, 5.41) is 13.8. The Bertz CT molecular complexity index is 557. The molecule has 0 saturated carbocycles. The van der Waals surface area contributed by atoms with Crippen molar-refractivity contribution >= 4 is 21.4 Å². The topological polar surface area (TPSA) is 101 Å². The Morgan fingerprint density at radius 2 is 2.00 bits per heavy atom. The summed E-state index contributed by atoms with van der Waals surface area (Å²) in [7, 11) is -3.16. The third kappa shape index (κ3) is 5.66. The Labute approximate surface area is 112 Å². The highest BCUT2D eigenvalue weighted by Gasteiger charge is 2.10. The van der Waals surface area contributed by atoms with Crippen molar-refractivity contribution in [3.8, 4) is 0 Å². The summed E-state index contributed by atoms with van der Waals surface area (Å²) in [4.78, 5) is 10.3. The van der Waals surface area contributed by atoms with E-state index >= 15 is 0 Å². The first kappa shape index (κ1) is 15.4. The van der Waals surface area contributed by atoms with Crippen LogP contribution >= 0.6 is 0 Å². The fourth-order valence-corrected chi connectivity index (χ4v) is 2.01. The number of rotatable bonds is 7. The van der Waals surface area contributed by atoms with Gasteiger partial charge in [-0.3, -0.25) is 10.1 Å². The normalized spacial score (nSPS) is 11.3. The fraction of sp³-hybridized carbons (Fsp3) is 0.455. The molecule has 7 nitrogen and oxygen atoms in total. The van der Waals surface area contributed by atoms with Gasteiger partial charge in [0.25, 0.3) is 5.69 Å². The van der Waals surface area contributed by atoms with Gasteiger partial charge in [0.05, 0.1) is 11.2 Å². The van der Waals surface area contributed by atoms with Crippen LogP contribution in [0.1, 0.15) is 12.0 Å². The average molecular weight is 287 g/mol. The number of benzene rings is 1. The van der Waals surface area contributed by atoms with Crippen LogP contribution in [-0.2, 0) is 10.0 Å². The molecule has 0 radical (unpaired) electrons. The highest BCUT2D eigenvalue weighted by molar-refractivity contribution is 7.88. The van der Waals surface area contributed by atoms with Crippen LogP contribution in [-0.4, -0.2) is 32.7 Å². The van der Waals surface area contributed by atoms with E-state index in [1.165, 1.54) is 6.07 Å². The monoisotopic (exact) mass is 287 g/mol. The molecule has 106 valence electrons. The molecule has 2 N–H and O–H groups in total. The van der Waals surface area contributed by atoms with E-state index < -0.39 is 14.9 Å². The van der Waals surface area contributed by atoms with Crippen LogP contribution in [0.5, 0.6) is 0 Å². The molecule has 8 heteroatoms. The van der Waals surface area contributed by atoms with Crippen molar-refractivity contribution in [2.45, 2.75) is 13.3 Å². The zero-order chi connectivity index (χ0) is 14.5. The lowest BCUT2D eigenvalue weighted by molar-refractivity contribution is -0.385. The number of hydrogen-bond donors (Lipinski definition) is 2. The zero-order valence-electron chi connectivity index (χ0n) is 10.8. The van der Waals surface area contributed by atoms with Crippen LogP contribution in [0.25, 0.3) is 0 Å². The lowest BCUT2D eigenvalue weighted by atomic mass is 10.2. The molecule has 0 aliphatic rings. The largest absolute Gasteiger partial charge is 0.385 e. The Morgan fingerprint density at radius 3 is 2.58 bits per heavy atom. The Hall–Kier alpha value is -1.67. The van der Waals surface area contributed by atoms with E-state index in [0.29, 0.717) is 30.8 Å². The van der Waals surface area contributed by atoms with E-state index in [4.69, 9.17) is 0 Å². The first-order chi connectivity index (χ1) is 8.79. The molecule has 0 heterocycles. The van der Waals surface area contributed by atoms with E-state index in [9.17, 15) is 18.5 Å². The number of sulfonamides is 1. The van der Waals surface area contributed by atoms with E-state index in [1.807, 2.05) is 0 Å². The molecule has 0 atom stereocenters. The summed E-state index contributed by atoms with van der Waals surface area (Å²) in [6.45, 7) is 2.54. The van der Waals surface area contributed by atoms with Crippen molar-refractivity contribution in [1.29, 1.82) is 0 Å². The summed E-state index contributed by atoms with van der Waals surface area (Å²) in [5.74, 6) is 0. The van der Waals surface area contributed by atoms with Crippen molar-refractivity contribution in [3.63, 3.8) is 0 Å².